The van der Waals surface area contributed by atoms with Gasteiger partial charge in [0.1, 0.15) is 17.8 Å². The molecule has 2 aromatic heterocycles. The Bertz CT molecular complexity index is 489. The molecular weight excluding hydrogens is 236 g/mol. The van der Waals surface area contributed by atoms with E-state index < -0.39 is 0 Å². The minimum atomic E-state index is -0.00995. The van der Waals surface area contributed by atoms with Crippen LogP contribution >= 0.6 is 11.3 Å². The average molecular weight is 250 g/mol. The number of aromatic nitrogens is 4. The van der Waals surface area contributed by atoms with Gasteiger partial charge in [0.15, 0.2) is 5.78 Å². The van der Waals surface area contributed by atoms with Crippen LogP contribution in [0.3, 0.4) is 0 Å². The summed E-state index contributed by atoms with van der Waals surface area (Å²) in [6.07, 6.45) is 1.75. The first-order valence-corrected chi connectivity index (χ1v) is 6.39. The van der Waals surface area contributed by atoms with Gasteiger partial charge in [0.2, 0.25) is 0 Å². The van der Waals surface area contributed by atoms with Crippen LogP contribution in [0.25, 0.3) is 0 Å². The van der Waals surface area contributed by atoms with E-state index in [1.165, 1.54) is 17.7 Å². The number of rotatable bonds is 5. The van der Waals surface area contributed by atoms with Crippen LogP contribution in [0.1, 0.15) is 30.2 Å². The second-order valence-corrected chi connectivity index (χ2v) is 4.94. The van der Waals surface area contributed by atoms with Crippen LogP contribution in [0.5, 0.6) is 0 Å². The molecule has 0 N–H and O–H groups in total. The molecule has 17 heavy (non-hydrogen) atoms. The van der Waals surface area contributed by atoms with Gasteiger partial charge in [-0.2, -0.15) is 5.10 Å². The maximum Gasteiger partial charge on any atom is 0.189 e. The van der Waals surface area contributed by atoms with E-state index in [-0.39, 0.29) is 12.2 Å². The lowest BCUT2D eigenvalue weighted by Crippen LogP contribution is -2.14. The fourth-order valence-corrected chi connectivity index (χ4v) is 2.06. The minimum Gasteiger partial charge on any atom is -0.292 e. The predicted octanol–water partition coefficient (Wildman–Crippen LogP) is 1.82. The summed E-state index contributed by atoms with van der Waals surface area (Å²) in [6.45, 7) is 4.99. The van der Waals surface area contributed by atoms with Gasteiger partial charge in [0.25, 0.3) is 0 Å². The number of nitrogens with zero attached hydrogens (tertiary/aromatic N) is 4. The Morgan fingerprint density at radius 2 is 2.29 bits per heavy atom. The zero-order valence-corrected chi connectivity index (χ0v) is 10.6. The molecule has 0 saturated heterocycles. The van der Waals surface area contributed by atoms with Gasteiger partial charge in [-0.05, 0) is 5.92 Å². The number of carbonyl (C=O) groups is 1. The van der Waals surface area contributed by atoms with Crippen LogP contribution in [-0.2, 0) is 13.0 Å². The summed E-state index contributed by atoms with van der Waals surface area (Å²) in [4.78, 5) is 20.0. The van der Waals surface area contributed by atoms with Crippen LogP contribution in [0.15, 0.2) is 17.2 Å². The molecule has 0 aliphatic heterocycles. The third-order valence-electron chi connectivity index (χ3n) is 2.27. The van der Waals surface area contributed by atoms with Crippen molar-refractivity contribution in [3.8, 4) is 0 Å². The summed E-state index contributed by atoms with van der Waals surface area (Å²) < 4.78 is 1.79. The number of carbonyl (C=O) groups excluding carboxylic acids is 1. The molecule has 2 heterocycles. The molecular formula is C11H14N4OS. The van der Waals surface area contributed by atoms with Gasteiger partial charge in [-0.15, -0.1) is 11.3 Å². The van der Waals surface area contributed by atoms with Crippen molar-refractivity contribution >= 4 is 17.1 Å². The first kappa shape index (κ1) is 11.9. The fraction of sp³-hybridized carbons (Fsp3) is 0.455. The zero-order chi connectivity index (χ0) is 12.3. The molecule has 2 aromatic rings. The zero-order valence-electron chi connectivity index (χ0n) is 9.83. The lowest BCUT2D eigenvalue weighted by Gasteiger charge is -2.07. The van der Waals surface area contributed by atoms with Crippen molar-refractivity contribution in [3.05, 3.63) is 28.7 Å². The highest BCUT2D eigenvalue weighted by Crippen LogP contribution is 2.07. The number of hydrogen-bond donors (Lipinski definition) is 0. The molecule has 90 valence electrons. The third kappa shape index (κ3) is 2.97. The van der Waals surface area contributed by atoms with Gasteiger partial charge in [-0.25, -0.2) is 14.6 Å². The van der Waals surface area contributed by atoms with Crippen molar-refractivity contribution in [1.29, 1.82) is 0 Å². The van der Waals surface area contributed by atoms with Crippen molar-refractivity contribution in [2.24, 2.45) is 5.92 Å². The number of hydrogen-bond acceptors (Lipinski definition) is 5. The molecule has 2 rings (SSSR count). The van der Waals surface area contributed by atoms with Crippen molar-refractivity contribution in [2.45, 2.75) is 26.8 Å². The molecule has 0 radical (unpaired) electrons. The van der Waals surface area contributed by atoms with Gasteiger partial charge in [-0.1, -0.05) is 13.8 Å². The Kier molecular flexibility index (Phi) is 3.63. The van der Waals surface area contributed by atoms with Gasteiger partial charge in [0, 0.05) is 11.9 Å². The minimum absolute atomic E-state index is 0.00995. The van der Waals surface area contributed by atoms with Crippen molar-refractivity contribution in [1.82, 2.24) is 19.7 Å². The highest BCUT2D eigenvalue weighted by molar-refractivity contribution is 7.07. The summed E-state index contributed by atoms with van der Waals surface area (Å²) in [6, 6.07) is 0. The fourth-order valence-electron chi connectivity index (χ4n) is 1.51. The van der Waals surface area contributed by atoms with Gasteiger partial charge < -0.3 is 0 Å². The lowest BCUT2D eigenvalue weighted by molar-refractivity contribution is 0.0985. The average Bonchev–Trinajstić information content (AvgIpc) is 2.89. The van der Waals surface area contributed by atoms with Crippen LogP contribution in [0, 0.1) is 5.92 Å². The number of ketones is 1. The maximum atomic E-state index is 11.9. The second kappa shape index (κ2) is 5.18. The SMILES string of the molecule is CC(C)Cn1ncnc1CC(=O)c1cscn1. The van der Waals surface area contributed by atoms with E-state index in [0.29, 0.717) is 17.4 Å². The van der Waals surface area contributed by atoms with Crippen LogP contribution in [0.2, 0.25) is 0 Å². The van der Waals surface area contributed by atoms with Gasteiger partial charge >= 0.3 is 0 Å². The standard InChI is InChI=1S/C11H14N4OS/c1-8(2)4-15-11(12-6-14-15)3-10(16)9-5-17-7-13-9/h5-8H,3-4H2,1-2H3. The van der Waals surface area contributed by atoms with Crippen LogP contribution in [-0.4, -0.2) is 25.5 Å². The van der Waals surface area contributed by atoms with E-state index >= 15 is 0 Å². The summed E-state index contributed by atoms with van der Waals surface area (Å²) in [5, 5.41) is 5.88. The van der Waals surface area contributed by atoms with Crippen LogP contribution < -0.4 is 0 Å². The summed E-state index contributed by atoms with van der Waals surface area (Å²) >= 11 is 1.42. The van der Waals surface area contributed by atoms with Gasteiger partial charge in [-0.3, -0.25) is 4.79 Å². The van der Waals surface area contributed by atoms with E-state index in [1.54, 1.807) is 15.6 Å². The van der Waals surface area contributed by atoms with E-state index in [0.717, 1.165) is 6.54 Å². The molecule has 0 amide bonds. The Hall–Kier alpha value is -1.56. The monoisotopic (exact) mass is 250 g/mol. The van der Waals surface area contributed by atoms with Crippen molar-refractivity contribution in [3.63, 3.8) is 0 Å². The Morgan fingerprint density at radius 3 is 2.94 bits per heavy atom. The molecule has 0 unspecified atom stereocenters. The largest absolute Gasteiger partial charge is 0.292 e. The molecule has 0 aliphatic carbocycles. The normalized spacial score (nSPS) is 11.0. The molecule has 0 bridgehead atoms. The maximum absolute atomic E-state index is 11.9. The Morgan fingerprint density at radius 1 is 1.47 bits per heavy atom. The van der Waals surface area contributed by atoms with E-state index in [4.69, 9.17) is 0 Å². The van der Waals surface area contributed by atoms with E-state index in [2.05, 4.69) is 28.9 Å². The third-order valence-corrected chi connectivity index (χ3v) is 2.86. The van der Waals surface area contributed by atoms with E-state index in [1.807, 2.05) is 0 Å². The Balaban J connectivity index is 2.08. The first-order chi connectivity index (χ1) is 8.16. The first-order valence-electron chi connectivity index (χ1n) is 5.45. The molecule has 0 saturated carbocycles. The van der Waals surface area contributed by atoms with Crippen molar-refractivity contribution in [2.75, 3.05) is 0 Å². The molecule has 0 aliphatic rings. The highest BCUT2D eigenvalue weighted by Gasteiger charge is 2.14. The van der Waals surface area contributed by atoms with E-state index in [9.17, 15) is 4.79 Å². The van der Waals surface area contributed by atoms with Crippen LogP contribution in [0.4, 0.5) is 0 Å². The highest BCUT2D eigenvalue weighted by atomic mass is 32.1. The smallest absolute Gasteiger partial charge is 0.189 e. The topological polar surface area (TPSA) is 60.7 Å². The number of Topliss-reactive ketones (excluding diaryl/α,β-unsaturated/α-hetero) is 1. The Labute approximate surface area is 104 Å². The molecule has 0 fully saturated rings. The summed E-state index contributed by atoms with van der Waals surface area (Å²) in [5.41, 5.74) is 2.17. The summed E-state index contributed by atoms with van der Waals surface area (Å²) in [5.74, 6) is 1.17. The lowest BCUT2D eigenvalue weighted by atomic mass is 10.2. The second-order valence-electron chi connectivity index (χ2n) is 4.23. The molecule has 6 heteroatoms. The molecule has 0 aromatic carbocycles. The molecule has 5 nitrogen and oxygen atoms in total. The number of thiazole rings is 1. The van der Waals surface area contributed by atoms with Gasteiger partial charge in [0.05, 0.1) is 11.9 Å². The summed E-state index contributed by atoms with van der Waals surface area (Å²) in [7, 11) is 0. The van der Waals surface area contributed by atoms with Crippen molar-refractivity contribution < 1.29 is 4.79 Å². The quantitative estimate of drug-likeness (QED) is 0.759. The molecule has 0 atom stereocenters. The molecule has 0 spiro atoms. The predicted molar refractivity (Wildman–Crippen MR) is 65.0 cm³/mol.